The quantitative estimate of drug-likeness (QED) is 0.456. The van der Waals surface area contributed by atoms with E-state index in [1.807, 2.05) is 54.9 Å². The van der Waals surface area contributed by atoms with Crippen LogP contribution in [0.25, 0.3) is 5.69 Å². The van der Waals surface area contributed by atoms with Gasteiger partial charge in [-0.25, -0.2) is 4.68 Å². The topological polar surface area (TPSA) is 72.7 Å². The Hall–Kier alpha value is -3.48. The van der Waals surface area contributed by atoms with Gasteiger partial charge < -0.3 is 20.1 Å². The zero-order chi connectivity index (χ0) is 21.5. The van der Waals surface area contributed by atoms with Gasteiger partial charge in [-0.05, 0) is 45.0 Å². The van der Waals surface area contributed by atoms with Crippen LogP contribution in [-0.4, -0.2) is 36.5 Å². The van der Waals surface area contributed by atoms with Gasteiger partial charge in [-0.1, -0.05) is 18.2 Å². The predicted octanol–water partition coefficient (Wildman–Crippen LogP) is 4.08. The van der Waals surface area contributed by atoms with Crippen molar-refractivity contribution in [2.45, 2.75) is 27.3 Å². The van der Waals surface area contributed by atoms with Crippen LogP contribution >= 0.6 is 0 Å². The van der Waals surface area contributed by atoms with Crippen LogP contribution in [0.3, 0.4) is 0 Å². The lowest BCUT2D eigenvalue weighted by Gasteiger charge is -2.15. The summed E-state index contributed by atoms with van der Waals surface area (Å²) in [6.45, 7) is 7.25. The smallest absolute Gasteiger partial charge is 0.195 e. The summed E-state index contributed by atoms with van der Waals surface area (Å²) in [5, 5.41) is 11.4. The summed E-state index contributed by atoms with van der Waals surface area (Å²) in [6, 6.07) is 15.8. The summed E-state index contributed by atoms with van der Waals surface area (Å²) in [5.74, 6) is 2.05. The first-order valence-corrected chi connectivity index (χ1v) is 9.96. The molecule has 0 radical (unpaired) electrons. The fourth-order valence-electron chi connectivity index (χ4n) is 3.26. The monoisotopic (exact) mass is 407 g/mol. The van der Waals surface area contributed by atoms with E-state index in [0.717, 1.165) is 28.3 Å². The third-order valence-corrected chi connectivity index (χ3v) is 4.82. The number of hydrogen-bond acceptors (Lipinski definition) is 4. The number of methoxy groups -OCH3 is 1. The minimum absolute atomic E-state index is 0.585. The van der Waals surface area contributed by atoms with E-state index in [4.69, 9.17) is 14.6 Å². The molecule has 0 unspecified atom stereocenters. The second kappa shape index (κ2) is 9.82. The second-order valence-electron chi connectivity index (χ2n) is 6.75. The van der Waals surface area contributed by atoms with Gasteiger partial charge in [-0.3, -0.25) is 4.99 Å². The number of guanidine groups is 1. The van der Waals surface area contributed by atoms with Crippen LogP contribution < -0.4 is 20.1 Å². The lowest BCUT2D eigenvalue weighted by atomic mass is 10.2. The number of aliphatic imine (C=N–C) groups is 1. The number of nitrogens with zero attached hydrogens (tertiary/aromatic N) is 3. The van der Waals surface area contributed by atoms with Gasteiger partial charge in [-0.15, -0.1) is 0 Å². The summed E-state index contributed by atoms with van der Waals surface area (Å²) in [4.78, 5) is 4.33. The average Bonchev–Trinajstić information content (AvgIpc) is 3.06. The van der Waals surface area contributed by atoms with E-state index in [0.29, 0.717) is 30.6 Å². The highest BCUT2D eigenvalue weighted by Crippen LogP contribution is 2.30. The summed E-state index contributed by atoms with van der Waals surface area (Å²) < 4.78 is 13.0. The van der Waals surface area contributed by atoms with Crippen LogP contribution in [0.5, 0.6) is 11.5 Å². The van der Waals surface area contributed by atoms with Gasteiger partial charge in [0.05, 0.1) is 25.1 Å². The van der Waals surface area contributed by atoms with Crippen LogP contribution in [0.2, 0.25) is 0 Å². The molecule has 0 saturated carbocycles. The van der Waals surface area contributed by atoms with Crippen molar-refractivity contribution in [3.63, 3.8) is 0 Å². The summed E-state index contributed by atoms with van der Waals surface area (Å²) in [7, 11) is 3.37. The van der Waals surface area contributed by atoms with Gasteiger partial charge in [0, 0.05) is 36.6 Å². The highest BCUT2D eigenvalue weighted by molar-refractivity contribution is 5.93. The summed E-state index contributed by atoms with van der Waals surface area (Å²) >= 11 is 0. The van der Waals surface area contributed by atoms with Crippen molar-refractivity contribution < 1.29 is 9.47 Å². The van der Waals surface area contributed by atoms with Crippen molar-refractivity contribution >= 4 is 11.6 Å². The molecular formula is C23H29N5O2. The Balaban J connectivity index is 1.72. The molecule has 0 aliphatic rings. The highest BCUT2D eigenvalue weighted by Gasteiger charge is 2.13. The number of rotatable bonds is 7. The first kappa shape index (κ1) is 21.2. The number of nitrogens with one attached hydrogen (secondary N) is 2. The minimum atomic E-state index is 0.585. The number of ether oxygens (including phenoxy) is 2. The molecule has 0 saturated heterocycles. The van der Waals surface area contributed by atoms with Crippen molar-refractivity contribution in [3.8, 4) is 17.2 Å². The molecule has 1 aromatic heterocycles. The van der Waals surface area contributed by atoms with Crippen molar-refractivity contribution in [2.24, 2.45) is 4.99 Å². The molecule has 158 valence electrons. The molecule has 0 spiro atoms. The maximum atomic E-state index is 5.58. The lowest BCUT2D eigenvalue weighted by molar-refractivity contribution is 0.311. The first-order chi connectivity index (χ1) is 14.6. The van der Waals surface area contributed by atoms with Crippen LogP contribution in [0.1, 0.15) is 23.9 Å². The van der Waals surface area contributed by atoms with Crippen LogP contribution in [0, 0.1) is 13.8 Å². The zero-order valence-corrected chi connectivity index (χ0v) is 18.2. The van der Waals surface area contributed by atoms with Gasteiger partial charge in [0.2, 0.25) is 0 Å². The van der Waals surface area contributed by atoms with Crippen molar-refractivity contribution in [3.05, 3.63) is 65.5 Å². The molecule has 0 bridgehead atoms. The Morgan fingerprint density at radius 1 is 1.10 bits per heavy atom. The molecule has 0 atom stereocenters. The number of para-hydroxylation sites is 1. The molecule has 3 rings (SSSR count). The maximum Gasteiger partial charge on any atom is 0.195 e. The van der Waals surface area contributed by atoms with E-state index in [1.54, 1.807) is 14.2 Å². The third-order valence-electron chi connectivity index (χ3n) is 4.82. The Bertz CT molecular complexity index is 1010. The number of benzene rings is 2. The van der Waals surface area contributed by atoms with E-state index in [2.05, 4.69) is 34.7 Å². The molecular weight excluding hydrogens is 378 g/mol. The van der Waals surface area contributed by atoms with E-state index in [9.17, 15) is 0 Å². The number of anilines is 1. The molecule has 0 aliphatic heterocycles. The van der Waals surface area contributed by atoms with Crippen molar-refractivity contribution in [1.82, 2.24) is 15.1 Å². The van der Waals surface area contributed by atoms with E-state index >= 15 is 0 Å². The molecule has 30 heavy (non-hydrogen) atoms. The normalized spacial score (nSPS) is 11.3. The minimum Gasteiger partial charge on any atom is -0.493 e. The molecule has 2 N–H and O–H groups in total. The molecule has 2 aromatic carbocycles. The Morgan fingerprint density at radius 2 is 1.87 bits per heavy atom. The highest BCUT2D eigenvalue weighted by atomic mass is 16.5. The molecule has 0 fully saturated rings. The molecule has 3 aromatic rings. The van der Waals surface area contributed by atoms with E-state index in [1.165, 1.54) is 0 Å². The van der Waals surface area contributed by atoms with E-state index in [-0.39, 0.29) is 0 Å². The van der Waals surface area contributed by atoms with Crippen LogP contribution in [-0.2, 0) is 6.54 Å². The van der Waals surface area contributed by atoms with Gasteiger partial charge in [0.15, 0.2) is 17.5 Å². The molecule has 0 aliphatic carbocycles. The first-order valence-electron chi connectivity index (χ1n) is 9.96. The molecule has 7 nitrogen and oxygen atoms in total. The number of hydrogen-bond donors (Lipinski definition) is 2. The second-order valence-corrected chi connectivity index (χ2v) is 6.75. The zero-order valence-electron chi connectivity index (χ0n) is 18.2. The lowest BCUT2D eigenvalue weighted by Crippen LogP contribution is -2.30. The standard InChI is InChI=1S/C23H29N5O2/c1-6-30-21-13-12-18(14-22(21)29-5)26-23(24-4)25-15-20-16(2)27-28(17(20)3)19-10-8-7-9-11-19/h7-14H,6,15H2,1-5H3,(H2,24,25,26). The van der Waals surface area contributed by atoms with Gasteiger partial charge in [0.1, 0.15) is 0 Å². The average molecular weight is 408 g/mol. The Kier molecular flexibility index (Phi) is 6.95. The van der Waals surface area contributed by atoms with Crippen molar-refractivity contribution in [1.29, 1.82) is 0 Å². The van der Waals surface area contributed by atoms with Gasteiger partial charge >= 0.3 is 0 Å². The van der Waals surface area contributed by atoms with Gasteiger partial charge in [0.25, 0.3) is 0 Å². The number of aromatic nitrogens is 2. The van der Waals surface area contributed by atoms with Crippen molar-refractivity contribution in [2.75, 3.05) is 26.1 Å². The maximum absolute atomic E-state index is 5.58. The molecule has 1 heterocycles. The fraction of sp³-hybridized carbons (Fsp3) is 0.304. The number of aryl methyl sites for hydroxylation is 1. The SMILES string of the molecule is CCOc1ccc(NC(=NC)NCc2c(C)nn(-c3ccccc3)c2C)cc1OC. The third kappa shape index (κ3) is 4.74. The fourth-order valence-corrected chi connectivity index (χ4v) is 3.26. The summed E-state index contributed by atoms with van der Waals surface area (Å²) in [6.07, 6.45) is 0. The predicted molar refractivity (Wildman–Crippen MR) is 121 cm³/mol. The Morgan fingerprint density at radius 3 is 2.53 bits per heavy atom. The Labute approximate surface area is 177 Å². The summed E-state index contributed by atoms with van der Waals surface area (Å²) in [5.41, 5.74) is 5.14. The molecule has 7 heteroatoms. The largest absolute Gasteiger partial charge is 0.493 e. The van der Waals surface area contributed by atoms with Crippen LogP contribution in [0.4, 0.5) is 5.69 Å². The van der Waals surface area contributed by atoms with E-state index < -0.39 is 0 Å². The van der Waals surface area contributed by atoms with Crippen LogP contribution in [0.15, 0.2) is 53.5 Å². The molecule has 0 amide bonds. The van der Waals surface area contributed by atoms with Gasteiger partial charge in [-0.2, -0.15) is 5.10 Å².